The molecule has 3 heteroatoms. The van der Waals surface area contributed by atoms with Gasteiger partial charge in [-0.3, -0.25) is 0 Å². The van der Waals surface area contributed by atoms with E-state index < -0.39 is 0 Å². The Kier molecular flexibility index (Phi) is 5.47. The molecular formula is C17H19Cl2N. The van der Waals surface area contributed by atoms with Gasteiger partial charge in [0.05, 0.1) is 0 Å². The molecule has 0 spiro atoms. The van der Waals surface area contributed by atoms with Crippen LogP contribution in [0.15, 0.2) is 42.5 Å². The van der Waals surface area contributed by atoms with Crippen molar-refractivity contribution in [2.24, 2.45) is 0 Å². The van der Waals surface area contributed by atoms with Crippen molar-refractivity contribution < 1.29 is 0 Å². The molecule has 0 amide bonds. The number of nitrogens with one attached hydrogen (secondary N) is 1. The van der Waals surface area contributed by atoms with Gasteiger partial charge in [-0.05, 0) is 40.8 Å². The molecule has 0 unspecified atom stereocenters. The Morgan fingerprint density at radius 3 is 2.30 bits per heavy atom. The van der Waals surface area contributed by atoms with E-state index in [0.29, 0.717) is 17.5 Å². The molecule has 2 rings (SSSR count). The quantitative estimate of drug-likeness (QED) is 0.779. The average Bonchev–Trinajstić information content (AvgIpc) is 2.43. The van der Waals surface area contributed by atoms with Gasteiger partial charge >= 0.3 is 0 Å². The van der Waals surface area contributed by atoms with Gasteiger partial charge < -0.3 is 5.32 Å². The van der Waals surface area contributed by atoms with Crippen LogP contribution in [0.5, 0.6) is 0 Å². The van der Waals surface area contributed by atoms with Gasteiger partial charge in [-0.1, -0.05) is 61.3 Å². The third kappa shape index (κ3) is 4.24. The molecule has 2 aromatic carbocycles. The zero-order valence-corrected chi connectivity index (χ0v) is 13.3. The van der Waals surface area contributed by atoms with Crippen LogP contribution in [0.25, 0.3) is 0 Å². The summed E-state index contributed by atoms with van der Waals surface area (Å²) >= 11 is 12.1. The Morgan fingerprint density at radius 1 is 0.950 bits per heavy atom. The minimum Gasteiger partial charge on any atom is -0.309 e. The highest BCUT2D eigenvalue weighted by atomic mass is 35.5. The third-order valence-corrected chi connectivity index (χ3v) is 3.90. The first-order valence-electron chi connectivity index (χ1n) is 6.79. The summed E-state index contributed by atoms with van der Waals surface area (Å²) in [7, 11) is 0. The molecular weight excluding hydrogens is 289 g/mol. The maximum absolute atomic E-state index is 6.13. The second-order valence-electron chi connectivity index (χ2n) is 5.24. The van der Waals surface area contributed by atoms with E-state index in [-0.39, 0.29) is 0 Å². The summed E-state index contributed by atoms with van der Waals surface area (Å²) in [6.45, 7) is 5.94. The number of rotatable bonds is 5. The van der Waals surface area contributed by atoms with E-state index in [1.807, 2.05) is 12.1 Å². The first-order valence-corrected chi connectivity index (χ1v) is 7.55. The van der Waals surface area contributed by atoms with Gasteiger partial charge in [-0.2, -0.15) is 0 Å². The topological polar surface area (TPSA) is 12.0 Å². The number of hydrogen-bond acceptors (Lipinski definition) is 1. The molecule has 1 N–H and O–H groups in total. The van der Waals surface area contributed by atoms with Gasteiger partial charge in [0.15, 0.2) is 0 Å². The van der Waals surface area contributed by atoms with Crippen molar-refractivity contribution >= 4 is 23.2 Å². The predicted octanol–water partition coefficient (Wildman–Crippen LogP) is 5.41. The molecule has 1 nitrogen and oxygen atoms in total. The zero-order chi connectivity index (χ0) is 14.5. The molecule has 0 atom stereocenters. The van der Waals surface area contributed by atoms with Crippen LogP contribution in [0.1, 0.15) is 36.5 Å². The summed E-state index contributed by atoms with van der Waals surface area (Å²) < 4.78 is 0. The number of hydrogen-bond donors (Lipinski definition) is 1. The van der Waals surface area contributed by atoms with Crippen LogP contribution in [0.3, 0.4) is 0 Å². The highest BCUT2D eigenvalue weighted by molar-refractivity contribution is 6.33. The van der Waals surface area contributed by atoms with E-state index >= 15 is 0 Å². The first-order chi connectivity index (χ1) is 9.56. The van der Waals surface area contributed by atoms with E-state index in [1.54, 1.807) is 6.07 Å². The maximum atomic E-state index is 6.13. The van der Waals surface area contributed by atoms with Gasteiger partial charge in [-0.25, -0.2) is 0 Å². The van der Waals surface area contributed by atoms with E-state index in [2.05, 4.69) is 43.4 Å². The molecule has 0 aliphatic rings. The largest absolute Gasteiger partial charge is 0.309 e. The molecule has 0 aliphatic carbocycles. The van der Waals surface area contributed by atoms with Crippen molar-refractivity contribution in [1.29, 1.82) is 0 Å². The molecule has 0 bridgehead atoms. The molecule has 0 radical (unpaired) electrons. The first kappa shape index (κ1) is 15.4. The van der Waals surface area contributed by atoms with Gasteiger partial charge in [-0.15, -0.1) is 0 Å². The SMILES string of the molecule is CC(C)c1ccc(CNCc2cc(Cl)ccc2Cl)cc1. The van der Waals surface area contributed by atoms with E-state index in [0.717, 1.165) is 17.1 Å². The van der Waals surface area contributed by atoms with Gasteiger partial charge in [0.25, 0.3) is 0 Å². The average molecular weight is 308 g/mol. The van der Waals surface area contributed by atoms with Crippen LogP contribution < -0.4 is 5.32 Å². The lowest BCUT2D eigenvalue weighted by Crippen LogP contribution is -2.13. The Labute approximate surface area is 130 Å². The lowest BCUT2D eigenvalue weighted by molar-refractivity contribution is 0.693. The lowest BCUT2D eigenvalue weighted by atomic mass is 10.0. The highest BCUT2D eigenvalue weighted by Gasteiger charge is 2.02. The molecule has 20 heavy (non-hydrogen) atoms. The zero-order valence-electron chi connectivity index (χ0n) is 11.8. The molecule has 0 aromatic heterocycles. The summed E-state index contributed by atoms with van der Waals surface area (Å²) in [5, 5.41) is 4.85. The molecule has 0 heterocycles. The normalized spacial score (nSPS) is 11.1. The van der Waals surface area contributed by atoms with Crippen molar-refractivity contribution in [1.82, 2.24) is 5.32 Å². The van der Waals surface area contributed by atoms with Crippen LogP contribution in [0.2, 0.25) is 10.0 Å². The Morgan fingerprint density at radius 2 is 1.65 bits per heavy atom. The van der Waals surface area contributed by atoms with Crippen LogP contribution in [0, 0.1) is 0 Å². The van der Waals surface area contributed by atoms with Crippen LogP contribution in [-0.2, 0) is 13.1 Å². The number of halogens is 2. The lowest BCUT2D eigenvalue weighted by Gasteiger charge is -2.09. The van der Waals surface area contributed by atoms with Crippen LogP contribution >= 0.6 is 23.2 Å². The fraction of sp³-hybridized carbons (Fsp3) is 0.294. The van der Waals surface area contributed by atoms with Gasteiger partial charge in [0.2, 0.25) is 0 Å². The number of benzene rings is 2. The minimum atomic E-state index is 0.572. The molecule has 0 aliphatic heterocycles. The van der Waals surface area contributed by atoms with Gasteiger partial charge in [0.1, 0.15) is 0 Å². The maximum Gasteiger partial charge on any atom is 0.0451 e. The van der Waals surface area contributed by atoms with Crippen molar-refractivity contribution in [3.8, 4) is 0 Å². The second-order valence-corrected chi connectivity index (χ2v) is 6.08. The standard InChI is InChI=1S/C17H19Cl2N/c1-12(2)14-5-3-13(4-6-14)10-20-11-15-9-16(18)7-8-17(15)19/h3-9,12,20H,10-11H2,1-2H3. The monoisotopic (exact) mass is 307 g/mol. The van der Waals surface area contributed by atoms with Crippen LogP contribution in [0.4, 0.5) is 0 Å². The molecule has 2 aromatic rings. The van der Waals surface area contributed by atoms with Crippen LogP contribution in [-0.4, -0.2) is 0 Å². The van der Waals surface area contributed by atoms with Crippen molar-refractivity contribution in [2.45, 2.75) is 32.9 Å². The summed E-state index contributed by atoms with van der Waals surface area (Å²) in [5.74, 6) is 0.572. The molecule has 0 fully saturated rings. The molecule has 0 saturated carbocycles. The fourth-order valence-electron chi connectivity index (χ4n) is 2.04. The van der Waals surface area contributed by atoms with E-state index in [4.69, 9.17) is 23.2 Å². The summed E-state index contributed by atoms with van der Waals surface area (Å²) in [4.78, 5) is 0. The van der Waals surface area contributed by atoms with Gasteiger partial charge in [0, 0.05) is 23.1 Å². The fourth-order valence-corrected chi connectivity index (χ4v) is 2.42. The van der Waals surface area contributed by atoms with Crippen molar-refractivity contribution in [2.75, 3.05) is 0 Å². The Bertz CT molecular complexity index is 562. The molecule has 0 saturated heterocycles. The predicted molar refractivity (Wildman–Crippen MR) is 87.5 cm³/mol. The van der Waals surface area contributed by atoms with Crippen molar-refractivity contribution in [3.63, 3.8) is 0 Å². The second kappa shape index (κ2) is 7.12. The Hall–Kier alpha value is -1.02. The summed E-state index contributed by atoms with van der Waals surface area (Å²) in [5.41, 5.74) is 3.66. The highest BCUT2D eigenvalue weighted by Crippen LogP contribution is 2.20. The third-order valence-electron chi connectivity index (χ3n) is 3.30. The smallest absolute Gasteiger partial charge is 0.0451 e. The van der Waals surface area contributed by atoms with E-state index in [1.165, 1.54) is 11.1 Å². The Balaban J connectivity index is 1.91. The van der Waals surface area contributed by atoms with E-state index in [9.17, 15) is 0 Å². The van der Waals surface area contributed by atoms with Crippen molar-refractivity contribution in [3.05, 3.63) is 69.2 Å². The summed E-state index contributed by atoms with van der Waals surface area (Å²) in [6, 6.07) is 14.3. The minimum absolute atomic E-state index is 0.572. The molecule has 106 valence electrons. The summed E-state index contributed by atoms with van der Waals surface area (Å²) in [6.07, 6.45) is 0.